The number of anilines is 1. The van der Waals surface area contributed by atoms with Gasteiger partial charge in [-0.1, -0.05) is 37.9 Å². The Balaban J connectivity index is 2.20. The van der Waals surface area contributed by atoms with E-state index in [0.29, 0.717) is 21.5 Å². The van der Waals surface area contributed by atoms with Crippen molar-refractivity contribution in [1.29, 1.82) is 0 Å². The van der Waals surface area contributed by atoms with Crippen LogP contribution < -0.4 is 5.73 Å². The van der Waals surface area contributed by atoms with Gasteiger partial charge in [-0.15, -0.1) is 11.8 Å². The molecule has 7 heteroatoms. The van der Waals surface area contributed by atoms with Crippen molar-refractivity contribution < 1.29 is 4.92 Å². The fraction of sp³-hybridized carbons (Fsp3) is 0.0769. The van der Waals surface area contributed by atoms with Crippen molar-refractivity contribution in [2.24, 2.45) is 0 Å². The first-order chi connectivity index (χ1) is 9.47. The minimum absolute atomic E-state index is 0.113. The van der Waals surface area contributed by atoms with Gasteiger partial charge in [0.15, 0.2) is 0 Å². The highest BCUT2D eigenvalue weighted by Gasteiger charge is 2.14. The van der Waals surface area contributed by atoms with E-state index in [2.05, 4.69) is 31.9 Å². The quantitative estimate of drug-likeness (QED) is 0.329. The summed E-state index contributed by atoms with van der Waals surface area (Å²) in [6.07, 6.45) is 0. The molecule has 2 aromatic carbocycles. The SMILES string of the molecule is Nc1cc(Br)ccc1SCc1ccc(Br)cc1[N+](=O)[O-]. The molecule has 0 unspecified atom stereocenters. The number of hydrogen-bond acceptors (Lipinski definition) is 4. The zero-order valence-corrected chi connectivity index (χ0v) is 14.2. The van der Waals surface area contributed by atoms with Gasteiger partial charge in [0.05, 0.1) is 4.92 Å². The first-order valence-electron chi connectivity index (χ1n) is 5.58. The Labute approximate surface area is 137 Å². The number of nitrogens with zero attached hydrogens (tertiary/aromatic N) is 1. The summed E-state index contributed by atoms with van der Waals surface area (Å²) in [6.45, 7) is 0. The molecule has 20 heavy (non-hydrogen) atoms. The molecule has 0 saturated heterocycles. The van der Waals surface area contributed by atoms with E-state index in [1.165, 1.54) is 17.8 Å². The van der Waals surface area contributed by atoms with E-state index in [4.69, 9.17) is 5.73 Å². The minimum Gasteiger partial charge on any atom is -0.398 e. The van der Waals surface area contributed by atoms with Crippen LogP contribution in [0, 0.1) is 10.1 Å². The van der Waals surface area contributed by atoms with Gasteiger partial charge in [-0.05, 0) is 24.3 Å². The first kappa shape index (κ1) is 15.3. The molecule has 0 aliphatic rings. The Morgan fingerprint density at radius 2 is 1.80 bits per heavy atom. The molecule has 0 amide bonds. The third-order valence-electron chi connectivity index (χ3n) is 2.60. The maximum absolute atomic E-state index is 11.0. The molecular weight excluding hydrogens is 408 g/mol. The lowest BCUT2D eigenvalue weighted by Gasteiger charge is -2.07. The fourth-order valence-corrected chi connectivity index (χ4v) is 3.31. The van der Waals surface area contributed by atoms with Gasteiger partial charge in [0.25, 0.3) is 5.69 Å². The number of rotatable bonds is 4. The number of halogens is 2. The van der Waals surface area contributed by atoms with Gasteiger partial charge in [0.1, 0.15) is 0 Å². The van der Waals surface area contributed by atoms with Gasteiger partial charge >= 0.3 is 0 Å². The summed E-state index contributed by atoms with van der Waals surface area (Å²) in [7, 11) is 0. The van der Waals surface area contributed by atoms with Crippen molar-refractivity contribution >= 4 is 55.0 Å². The van der Waals surface area contributed by atoms with Crippen LogP contribution in [0.3, 0.4) is 0 Å². The zero-order valence-electron chi connectivity index (χ0n) is 10.2. The van der Waals surface area contributed by atoms with Crippen molar-refractivity contribution in [3.8, 4) is 0 Å². The van der Waals surface area contributed by atoms with Crippen molar-refractivity contribution in [1.82, 2.24) is 0 Å². The molecule has 0 atom stereocenters. The highest BCUT2D eigenvalue weighted by molar-refractivity contribution is 9.10. The first-order valence-corrected chi connectivity index (χ1v) is 8.15. The molecule has 0 heterocycles. The number of benzene rings is 2. The number of hydrogen-bond donors (Lipinski definition) is 1. The molecular formula is C13H10Br2N2O2S. The molecule has 0 aliphatic carbocycles. The van der Waals surface area contributed by atoms with Crippen LogP contribution in [0.1, 0.15) is 5.56 Å². The lowest BCUT2D eigenvalue weighted by molar-refractivity contribution is -0.385. The van der Waals surface area contributed by atoms with Gasteiger partial charge < -0.3 is 5.73 Å². The monoisotopic (exact) mass is 416 g/mol. The maximum atomic E-state index is 11.0. The van der Waals surface area contributed by atoms with Crippen LogP contribution in [0.15, 0.2) is 50.2 Å². The molecule has 0 fully saturated rings. The Bertz CT molecular complexity index is 665. The van der Waals surface area contributed by atoms with Crippen LogP contribution in [0.25, 0.3) is 0 Å². The molecule has 0 aliphatic heterocycles. The molecule has 0 spiro atoms. The standard InChI is InChI=1S/C13H10Br2N2O2S/c14-9-3-4-13(11(16)5-9)20-7-8-1-2-10(15)6-12(8)17(18)19/h1-6H,7,16H2. The molecule has 104 valence electrons. The van der Waals surface area contributed by atoms with E-state index in [1.807, 2.05) is 18.2 Å². The van der Waals surface area contributed by atoms with E-state index >= 15 is 0 Å². The second kappa shape index (κ2) is 6.60. The lowest BCUT2D eigenvalue weighted by atomic mass is 10.2. The number of nitro benzene ring substituents is 1. The topological polar surface area (TPSA) is 69.2 Å². The molecule has 2 aromatic rings. The summed E-state index contributed by atoms with van der Waals surface area (Å²) in [5, 5.41) is 11.0. The molecule has 2 rings (SSSR count). The van der Waals surface area contributed by atoms with E-state index in [9.17, 15) is 10.1 Å². The predicted octanol–water partition coefficient (Wildman–Crippen LogP) is 4.99. The largest absolute Gasteiger partial charge is 0.398 e. The smallest absolute Gasteiger partial charge is 0.274 e. The summed E-state index contributed by atoms with van der Waals surface area (Å²) in [5.74, 6) is 0.495. The molecule has 0 radical (unpaired) electrons. The van der Waals surface area contributed by atoms with Crippen molar-refractivity contribution in [2.75, 3.05) is 5.73 Å². The summed E-state index contributed by atoms with van der Waals surface area (Å²) >= 11 is 8.07. The lowest BCUT2D eigenvalue weighted by Crippen LogP contribution is -1.95. The number of nitrogens with two attached hydrogens (primary N) is 1. The highest BCUT2D eigenvalue weighted by Crippen LogP contribution is 2.33. The normalized spacial score (nSPS) is 10.5. The average Bonchev–Trinajstić information content (AvgIpc) is 2.38. The van der Waals surface area contributed by atoms with Gasteiger partial charge in [-0.25, -0.2) is 0 Å². The van der Waals surface area contributed by atoms with Gasteiger partial charge in [0.2, 0.25) is 0 Å². The highest BCUT2D eigenvalue weighted by atomic mass is 79.9. The number of nitrogen functional groups attached to an aromatic ring is 1. The summed E-state index contributed by atoms with van der Waals surface area (Å²) < 4.78 is 1.61. The summed E-state index contributed by atoms with van der Waals surface area (Å²) in [6, 6.07) is 10.7. The van der Waals surface area contributed by atoms with Crippen LogP contribution in [0.4, 0.5) is 11.4 Å². The second-order valence-electron chi connectivity index (χ2n) is 4.00. The molecule has 0 aromatic heterocycles. The van der Waals surface area contributed by atoms with Crippen LogP contribution in [-0.4, -0.2) is 4.92 Å². The van der Waals surface area contributed by atoms with Gasteiger partial charge in [-0.2, -0.15) is 0 Å². The van der Waals surface area contributed by atoms with Gasteiger partial charge in [0, 0.05) is 36.9 Å². The van der Waals surface area contributed by atoms with Gasteiger partial charge in [-0.3, -0.25) is 10.1 Å². The zero-order chi connectivity index (χ0) is 14.7. The maximum Gasteiger partial charge on any atom is 0.274 e. The van der Waals surface area contributed by atoms with Crippen molar-refractivity contribution in [2.45, 2.75) is 10.6 Å². The molecule has 4 nitrogen and oxygen atoms in total. The molecule has 0 saturated carbocycles. The molecule has 0 bridgehead atoms. The summed E-state index contributed by atoms with van der Waals surface area (Å²) in [5.41, 5.74) is 7.36. The Morgan fingerprint density at radius 3 is 2.45 bits per heavy atom. The fourth-order valence-electron chi connectivity index (χ4n) is 1.64. The van der Waals surface area contributed by atoms with E-state index in [-0.39, 0.29) is 10.6 Å². The number of nitro groups is 1. The van der Waals surface area contributed by atoms with Crippen molar-refractivity contribution in [3.63, 3.8) is 0 Å². The summed E-state index contributed by atoms with van der Waals surface area (Å²) in [4.78, 5) is 11.6. The van der Waals surface area contributed by atoms with Crippen LogP contribution in [0.5, 0.6) is 0 Å². The molecule has 2 N–H and O–H groups in total. The van der Waals surface area contributed by atoms with Crippen molar-refractivity contribution in [3.05, 3.63) is 61.0 Å². The minimum atomic E-state index is -0.369. The Hall–Kier alpha value is -1.05. The Kier molecular flexibility index (Phi) is 5.06. The average molecular weight is 418 g/mol. The third-order valence-corrected chi connectivity index (χ3v) is 4.72. The van der Waals surface area contributed by atoms with Crippen LogP contribution in [-0.2, 0) is 5.75 Å². The number of thioether (sulfide) groups is 1. The van der Waals surface area contributed by atoms with E-state index in [0.717, 1.165) is 9.37 Å². The predicted molar refractivity (Wildman–Crippen MR) is 88.9 cm³/mol. The van der Waals surface area contributed by atoms with Crippen LogP contribution >= 0.6 is 43.6 Å². The van der Waals surface area contributed by atoms with E-state index in [1.54, 1.807) is 12.1 Å². The van der Waals surface area contributed by atoms with E-state index < -0.39 is 0 Å². The Morgan fingerprint density at radius 1 is 1.15 bits per heavy atom. The second-order valence-corrected chi connectivity index (χ2v) is 6.85. The van der Waals surface area contributed by atoms with Crippen LogP contribution in [0.2, 0.25) is 0 Å². The third kappa shape index (κ3) is 3.74.